The molecule has 2 heterocycles. The van der Waals surface area contributed by atoms with Gasteiger partial charge in [-0.2, -0.15) is 0 Å². The van der Waals surface area contributed by atoms with Crippen molar-refractivity contribution in [3.8, 4) is 0 Å². The van der Waals surface area contributed by atoms with Crippen LogP contribution >= 0.6 is 0 Å². The standard InChI is InChI=1S/C20H25N5O2/c1-14(2)20(27)25-12-10-16(11-13-25)21-18-9-8-17(23-24-18)19(26)22-15-6-4-3-5-7-15/h3-9,14,16H,10-13H2,1-2H3,(H,21,24)(H,22,26). The third kappa shape index (κ3) is 5.03. The van der Waals surface area contributed by atoms with Gasteiger partial charge in [-0.15, -0.1) is 10.2 Å². The van der Waals surface area contributed by atoms with Gasteiger partial charge in [0.25, 0.3) is 5.91 Å². The normalized spacial score (nSPS) is 14.9. The van der Waals surface area contributed by atoms with Gasteiger partial charge in [0.1, 0.15) is 5.82 Å². The molecular formula is C20H25N5O2. The van der Waals surface area contributed by atoms with Crippen LogP contribution in [0.15, 0.2) is 42.5 Å². The number of likely N-dealkylation sites (tertiary alicyclic amines) is 1. The zero-order chi connectivity index (χ0) is 19.2. The number of anilines is 2. The minimum atomic E-state index is -0.291. The number of hydrogen-bond donors (Lipinski definition) is 2. The average molecular weight is 367 g/mol. The van der Waals surface area contributed by atoms with Crippen LogP contribution in [0.4, 0.5) is 11.5 Å². The summed E-state index contributed by atoms with van der Waals surface area (Å²) in [5.41, 5.74) is 0.982. The third-order valence-electron chi connectivity index (χ3n) is 4.58. The Kier molecular flexibility index (Phi) is 6.01. The smallest absolute Gasteiger partial charge is 0.276 e. The van der Waals surface area contributed by atoms with Crippen LogP contribution in [0.25, 0.3) is 0 Å². The fraction of sp³-hybridized carbons (Fsp3) is 0.400. The number of benzene rings is 1. The Bertz CT molecular complexity index is 769. The van der Waals surface area contributed by atoms with Crippen molar-refractivity contribution in [1.82, 2.24) is 15.1 Å². The quantitative estimate of drug-likeness (QED) is 0.848. The molecule has 1 fully saturated rings. The summed E-state index contributed by atoms with van der Waals surface area (Å²) in [7, 11) is 0. The molecular weight excluding hydrogens is 342 g/mol. The summed E-state index contributed by atoms with van der Waals surface area (Å²) in [5, 5.41) is 14.3. The van der Waals surface area contributed by atoms with Gasteiger partial charge in [0, 0.05) is 30.7 Å². The van der Waals surface area contributed by atoms with Crippen LogP contribution in [0, 0.1) is 5.92 Å². The molecule has 1 aromatic carbocycles. The Morgan fingerprint density at radius 3 is 2.33 bits per heavy atom. The SMILES string of the molecule is CC(C)C(=O)N1CCC(Nc2ccc(C(=O)Nc3ccccc3)nn2)CC1. The minimum absolute atomic E-state index is 0.0370. The number of piperidine rings is 1. The molecule has 1 aliphatic heterocycles. The predicted molar refractivity (Wildman–Crippen MR) is 104 cm³/mol. The maximum absolute atomic E-state index is 12.2. The third-order valence-corrected chi connectivity index (χ3v) is 4.58. The van der Waals surface area contributed by atoms with Gasteiger partial charge in [-0.3, -0.25) is 9.59 Å². The molecule has 2 aromatic rings. The number of carbonyl (C=O) groups excluding carboxylic acids is 2. The number of rotatable bonds is 5. The highest BCUT2D eigenvalue weighted by atomic mass is 16.2. The van der Waals surface area contributed by atoms with Crippen molar-refractivity contribution in [3.05, 3.63) is 48.2 Å². The van der Waals surface area contributed by atoms with Crippen molar-refractivity contribution in [2.24, 2.45) is 5.92 Å². The van der Waals surface area contributed by atoms with E-state index < -0.39 is 0 Å². The molecule has 0 atom stereocenters. The topological polar surface area (TPSA) is 87.2 Å². The highest BCUT2D eigenvalue weighted by Crippen LogP contribution is 2.17. The van der Waals surface area contributed by atoms with Crippen molar-refractivity contribution < 1.29 is 9.59 Å². The summed E-state index contributed by atoms with van der Waals surface area (Å²) in [6.07, 6.45) is 1.74. The van der Waals surface area contributed by atoms with E-state index in [-0.39, 0.29) is 29.5 Å². The van der Waals surface area contributed by atoms with Crippen LogP contribution in [0.2, 0.25) is 0 Å². The molecule has 2 N–H and O–H groups in total. The first-order valence-electron chi connectivity index (χ1n) is 9.28. The average Bonchev–Trinajstić information content (AvgIpc) is 2.69. The van der Waals surface area contributed by atoms with E-state index in [9.17, 15) is 9.59 Å². The summed E-state index contributed by atoms with van der Waals surface area (Å²) in [6, 6.07) is 12.9. The predicted octanol–water partition coefficient (Wildman–Crippen LogP) is 2.79. The summed E-state index contributed by atoms with van der Waals surface area (Å²) < 4.78 is 0. The zero-order valence-corrected chi connectivity index (χ0v) is 15.7. The van der Waals surface area contributed by atoms with Gasteiger partial charge < -0.3 is 15.5 Å². The number of amides is 2. The lowest BCUT2D eigenvalue weighted by Crippen LogP contribution is -2.44. The molecule has 2 amide bonds. The van der Waals surface area contributed by atoms with Gasteiger partial charge in [0.15, 0.2) is 5.69 Å². The number of nitrogens with one attached hydrogen (secondary N) is 2. The lowest BCUT2D eigenvalue weighted by atomic mass is 10.0. The van der Waals surface area contributed by atoms with Crippen molar-refractivity contribution >= 4 is 23.3 Å². The number of hydrogen-bond acceptors (Lipinski definition) is 5. The van der Waals surface area contributed by atoms with Crippen LogP contribution in [0.5, 0.6) is 0 Å². The van der Waals surface area contributed by atoms with Gasteiger partial charge >= 0.3 is 0 Å². The summed E-state index contributed by atoms with van der Waals surface area (Å²) >= 11 is 0. The fourth-order valence-corrected chi connectivity index (χ4v) is 3.07. The zero-order valence-electron chi connectivity index (χ0n) is 15.7. The molecule has 27 heavy (non-hydrogen) atoms. The second kappa shape index (κ2) is 8.62. The highest BCUT2D eigenvalue weighted by molar-refractivity contribution is 6.02. The first kappa shape index (κ1) is 18.8. The van der Waals surface area contributed by atoms with Gasteiger partial charge in [-0.05, 0) is 37.1 Å². The van der Waals surface area contributed by atoms with E-state index in [1.54, 1.807) is 12.1 Å². The van der Waals surface area contributed by atoms with Crippen LogP contribution in [-0.4, -0.2) is 46.0 Å². The first-order valence-corrected chi connectivity index (χ1v) is 9.28. The van der Waals surface area contributed by atoms with Gasteiger partial charge in [0.2, 0.25) is 5.91 Å². The monoisotopic (exact) mass is 367 g/mol. The molecule has 7 nitrogen and oxygen atoms in total. The van der Waals surface area contributed by atoms with Crippen LogP contribution < -0.4 is 10.6 Å². The van der Waals surface area contributed by atoms with E-state index >= 15 is 0 Å². The maximum Gasteiger partial charge on any atom is 0.276 e. The molecule has 3 rings (SSSR count). The second-order valence-electron chi connectivity index (χ2n) is 7.02. The maximum atomic E-state index is 12.2. The Morgan fingerprint density at radius 2 is 1.74 bits per heavy atom. The largest absolute Gasteiger partial charge is 0.366 e. The number of nitrogens with zero attached hydrogens (tertiary/aromatic N) is 3. The molecule has 0 saturated carbocycles. The Hall–Kier alpha value is -2.96. The Morgan fingerprint density at radius 1 is 1.04 bits per heavy atom. The van der Waals surface area contributed by atoms with Gasteiger partial charge in [-0.25, -0.2) is 0 Å². The van der Waals surface area contributed by atoms with E-state index in [2.05, 4.69) is 20.8 Å². The molecule has 7 heteroatoms. The van der Waals surface area contributed by atoms with Crippen LogP contribution in [-0.2, 0) is 4.79 Å². The van der Waals surface area contributed by atoms with Crippen molar-refractivity contribution in [2.75, 3.05) is 23.7 Å². The fourth-order valence-electron chi connectivity index (χ4n) is 3.07. The lowest BCUT2D eigenvalue weighted by molar-refractivity contribution is -0.135. The molecule has 142 valence electrons. The molecule has 1 saturated heterocycles. The van der Waals surface area contributed by atoms with Crippen LogP contribution in [0.3, 0.4) is 0 Å². The number of carbonyl (C=O) groups is 2. The number of para-hydroxylation sites is 1. The van der Waals surface area contributed by atoms with Crippen molar-refractivity contribution in [1.29, 1.82) is 0 Å². The van der Waals surface area contributed by atoms with E-state index in [4.69, 9.17) is 0 Å². The molecule has 1 aliphatic rings. The van der Waals surface area contributed by atoms with E-state index in [0.717, 1.165) is 25.9 Å². The molecule has 0 radical (unpaired) electrons. The van der Waals surface area contributed by atoms with E-state index in [1.165, 1.54) is 0 Å². The van der Waals surface area contributed by atoms with Gasteiger partial charge in [0.05, 0.1) is 0 Å². The molecule has 0 aliphatic carbocycles. The lowest BCUT2D eigenvalue weighted by Gasteiger charge is -2.33. The highest BCUT2D eigenvalue weighted by Gasteiger charge is 2.24. The van der Waals surface area contributed by atoms with Crippen molar-refractivity contribution in [2.45, 2.75) is 32.7 Å². The summed E-state index contributed by atoms with van der Waals surface area (Å²) in [5.74, 6) is 0.595. The molecule has 0 spiro atoms. The van der Waals surface area contributed by atoms with E-state index in [0.29, 0.717) is 11.5 Å². The number of aromatic nitrogens is 2. The first-order chi connectivity index (χ1) is 13.0. The van der Waals surface area contributed by atoms with Crippen LogP contribution in [0.1, 0.15) is 37.2 Å². The minimum Gasteiger partial charge on any atom is -0.366 e. The Labute approximate surface area is 159 Å². The molecule has 0 unspecified atom stereocenters. The molecule has 0 bridgehead atoms. The van der Waals surface area contributed by atoms with E-state index in [1.807, 2.05) is 49.1 Å². The van der Waals surface area contributed by atoms with Gasteiger partial charge in [-0.1, -0.05) is 32.0 Å². The summed E-state index contributed by atoms with van der Waals surface area (Å²) in [4.78, 5) is 26.2. The summed E-state index contributed by atoms with van der Waals surface area (Å²) in [6.45, 7) is 5.36. The molecule has 1 aromatic heterocycles. The second-order valence-corrected chi connectivity index (χ2v) is 7.02. The van der Waals surface area contributed by atoms with Crippen molar-refractivity contribution in [3.63, 3.8) is 0 Å². The Balaban J connectivity index is 1.51.